The third kappa shape index (κ3) is 1.35. The standard InChI is InChI=1S/C11H17NO2/c1-9-5-7-11(12(13)14)6-3-2-4-10(11)8-9/h5,10H,2-4,6-8H2,1H3/t10-,11-/m1/s1. The Bertz CT molecular complexity index is 285. The Kier molecular flexibility index (Phi) is 2.33. The molecule has 3 heteroatoms. The second-order valence-corrected chi connectivity index (χ2v) is 4.76. The molecule has 0 amide bonds. The van der Waals surface area contributed by atoms with Crippen LogP contribution in [0.5, 0.6) is 0 Å². The summed E-state index contributed by atoms with van der Waals surface area (Å²) in [7, 11) is 0. The molecule has 0 heterocycles. The van der Waals surface area contributed by atoms with Gasteiger partial charge in [0.2, 0.25) is 5.54 Å². The van der Waals surface area contributed by atoms with Crippen molar-refractivity contribution >= 4 is 0 Å². The molecule has 0 N–H and O–H groups in total. The number of rotatable bonds is 1. The van der Waals surface area contributed by atoms with Crippen LogP contribution in [-0.2, 0) is 0 Å². The predicted octanol–water partition coefficient (Wildman–Crippen LogP) is 2.93. The molecule has 1 saturated carbocycles. The molecular formula is C11H17NO2. The van der Waals surface area contributed by atoms with Gasteiger partial charge in [0.05, 0.1) is 0 Å². The Morgan fingerprint density at radius 2 is 2.36 bits per heavy atom. The fourth-order valence-electron chi connectivity index (χ4n) is 2.99. The van der Waals surface area contributed by atoms with Crippen LogP contribution in [0.3, 0.4) is 0 Å². The van der Waals surface area contributed by atoms with Crippen LogP contribution in [0.4, 0.5) is 0 Å². The SMILES string of the molecule is CC1=CC[C@]2([N+](=O)[O-])CCCC[C@@H]2C1. The molecule has 14 heavy (non-hydrogen) atoms. The first-order chi connectivity index (χ1) is 6.65. The summed E-state index contributed by atoms with van der Waals surface area (Å²) >= 11 is 0. The summed E-state index contributed by atoms with van der Waals surface area (Å²) in [4.78, 5) is 11.2. The van der Waals surface area contributed by atoms with Crippen molar-refractivity contribution < 1.29 is 4.92 Å². The number of fused-ring (bicyclic) bond motifs is 1. The lowest BCUT2D eigenvalue weighted by Gasteiger charge is -2.39. The van der Waals surface area contributed by atoms with Gasteiger partial charge in [-0.2, -0.15) is 0 Å². The molecule has 2 atom stereocenters. The largest absolute Gasteiger partial charge is 0.264 e. The molecule has 3 nitrogen and oxygen atoms in total. The van der Waals surface area contributed by atoms with E-state index in [0.717, 1.165) is 25.7 Å². The highest BCUT2D eigenvalue weighted by atomic mass is 16.6. The van der Waals surface area contributed by atoms with Gasteiger partial charge in [-0.1, -0.05) is 18.1 Å². The normalized spacial score (nSPS) is 37.2. The van der Waals surface area contributed by atoms with Crippen LogP contribution >= 0.6 is 0 Å². The molecule has 0 spiro atoms. The van der Waals surface area contributed by atoms with Crippen LogP contribution in [0.1, 0.15) is 45.4 Å². The van der Waals surface area contributed by atoms with Gasteiger partial charge in [-0.3, -0.25) is 10.1 Å². The molecule has 78 valence electrons. The Labute approximate surface area is 84.3 Å². The molecule has 0 aromatic heterocycles. The maximum atomic E-state index is 11.2. The van der Waals surface area contributed by atoms with E-state index in [-0.39, 0.29) is 4.92 Å². The monoisotopic (exact) mass is 195 g/mol. The molecule has 0 saturated heterocycles. The highest BCUT2D eigenvalue weighted by Gasteiger charge is 2.51. The van der Waals surface area contributed by atoms with Crippen molar-refractivity contribution in [3.8, 4) is 0 Å². The third-order valence-electron chi connectivity index (χ3n) is 3.91. The number of nitrogens with zero attached hydrogens (tertiary/aromatic N) is 1. The average molecular weight is 195 g/mol. The number of nitro groups is 1. The highest BCUT2D eigenvalue weighted by Crippen LogP contribution is 2.45. The van der Waals surface area contributed by atoms with Gasteiger partial charge in [-0.25, -0.2) is 0 Å². The van der Waals surface area contributed by atoms with Gasteiger partial charge in [0.15, 0.2) is 0 Å². The van der Waals surface area contributed by atoms with E-state index in [9.17, 15) is 10.1 Å². The first kappa shape index (κ1) is 9.69. The van der Waals surface area contributed by atoms with Crippen molar-refractivity contribution in [1.82, 2.24) is 0 Å². The summed E-state index contributed by atoms with van der Waals surface area (Å²) in [5, 5.41) is 11.2. The minimum atomic E-state index is -0.599. The van der Waals surface area contributed by atoms with Crippen molar-refractivity contribution in [2.24, 2.45) is 5.92 Å². The minimum absolute atomic E-state index is 0.000231. The summed E-state index contributed by atoms with van der Waals surface area (Å²) in [5.74, 6) is 0.302. The Morgan fingerprint density at radius 3 is 3.07 bits per heavy atom. The average Bonchev–Trinajstić information content (AvgIpc) is 2.17. The molecule has 0 aliphatic heterocycles. The summed E-state index contributed by atoms with van der Waals surface area (Å²) < 4.78 is 0. The Morgan fingerprint density at radius 1 is 1.57 bits per heavy atom. The van der Waals surface area contributed by atoms with E-state index in [4.69, 9.17) is 0 Å². The smallest absolute Gasteiger partial charge is 0.228 e. The molecule has 0 unspecified atom stereocenters. The molecule has 0 aromatic carbocycles. The van der Waals surface area contributed by atoms with Gasteiger partial charge in [0, 0.05) is 23.7 Å². The van der Waals surface area contributed by atoms with Gasteiger partial charge in [0.25, 0.3) is 0 Å². The quantitative estimate of drug-likeness (QED) is 0.367. The first-order valence-corrected chi connectivity index (χ1v) is 5.45. The molecule has 0 aromatic rings. The zero-order valence-corrected chi connectivity index (χ0v) is 8.66. The first-order valence-electron chi connectivity index (χ1n) is 5.45. The van der Waals surface area contributed by atoms with Gasteiger partial charge in [-0.15, -0.1) is 0 Å². The second kappa shape index (κ2) is 3.37. The fourth-order valence-corrected chi connectivity index (χ4v) is 2.99. The zero-order valence-electron chi connectivity index (χ0n) is 8.66. The summed E-state index contributed by atoms with van der Waals surface area (Å²) in [6.07, 6.45) is 7.72. The van der Waals surface area contributed by atoms with Gasteiger partial charge < -0.3 is 0 Å². The van der Waals surface area contributed by atoms with Crippen LogP contribution in [-0.4, -0.2) is 10.5 Å². The van der Waals surface area contributed by atoms with Crippen LogP contribution in [0.25, 0.3) is 0 Å². The van der Waals surface area contributed by atoms with Crippen molar-refractivity contribution in [2.45, 2.75) is 51.0 Å². The summed E-state index contributed by atoms with van der Waals surface area (Å²) in [6, 6.07) is 0. The van der Waals surface area contributed by atoms with E-state index in [1.807, 2.05) is 0 Å². The molecular weight excluding hydrogens is 178 g/mol. The second-order valence-electron chi connectivity index (χ2n) is 4.76. The lowest BCUT2D eigenvalue weighted by molar-refractivity contribution is -0.585. The Balaban J connectivity index is 2.29. The number of hydrogen-bond donors (Lipinski definition) is 0. The van der Waals surface area contributed by atoms with Crippen molar-refractivity contribution in [1.29, 1.82) is 0 Å². The minimum Gasteiger partial charge on any atom is -0.264 e. The lowest BCUT2D eigenvalue weighted by Crippen LogP contribution is -2.49. The van der Waals surface area contributed by atoms with E-state index < -0.39 is 5.54 Å². The van der Waals surface area contributed by atoms with Gasteiger partial charge >= 0.3 is 0 Å². The summed E-state index contributed by atoms with van der Waals surface area (Å²) in [6.45, 7) is 2.10. The molecule has 1 fully saturated rings. The highest BCUT2D eigenvalue weighted by molar-refractivity contribution is 5.12. The van der Waals surface area contributed by atoms with Gasteiger partial charge in [-0.05, 0) is 26.2 Å². The van der Waals surface area contributed by atoms with E-state index in [2.05, 4.69) is 13.0 Å². The number of allylic oxidation sites excluding steroid dienone is 1. The van der Waals surface area contributed by atoms with Crippen molar-refractivity contribution in [3.63, 3.8) is 0 Å². The predicted molar refractivity (Wildman–Crippen MR) is 54.7 cm³/mol. The van der Waals surface area contributed by atoms with Crippen molar-refractivity contribution in [3.05, 3.63) is 21.8 Å². The maximum Gasteiger partial charge on any atom is 0.228 e. The van der Waals surface area contributed by atoms with Crippen LogP contribution in [0, 0.1) is 16.0 Å². The van der Waals surface area contributed by atoms with E-state index >= 15 is 0 Å². The summed E-state index contributed by atoms with van der Waals surface area (Å²) in [5.41, 5.74) is 0.743. The lowest BCUT2D eigenvalue weighted by atomic mass is 9.66. The third-order valence-corrected chi connectivity index (χ3v) is 3.91. The van der Waals surface area contributed by atoms with E-state index in [1.54, 1.807) is 0 Å². The molecule has 2 aliphatic carbocycles. The maximum absolute atomic E-state index is 11.2. The zero-order chi connectivity index (χ0) is 10.2. The topological polar surface area (TPSA) is 43.1 Å². The molecule has 2 aliphatic rings. The van der Waals surface area contributed by atoms with E-state index in [0.29, 0.717) is 12.3 Å². The van der Waals surface area contributed by atoms with Crippen LogP contribution in [0.15, 0.2) is 11.6 Å². The number of hydrogen-bond acceptors (Lipinski definition) is 2. The Hall–Kier alpha value is -0.860. The fraction of sp³-hybridized carbons (Fsp3) is 0.818. The molecule has 2 rings (SSSR count). The molecule has 0 radical (unpaired) electrons. The molecule has 0 bridgehead atoms. The van der Waals surface area contributed by atoms with Gasteiger partial charge in [0.1, 0.15) is 0 Å². The van der Waals surface area contributed by atoms with E-state index in [1.165, 1.54) is 12.0 Å². The van der Waals surface area contributed by atoms with Crippen LogP contribution < -0.4 is 0 Å². The van der Waals surface area contributed by atoms with Crippen LogP contribution in [0.2, 0.25) is 0 Å². The van der Waals surface area contributed by atoms with Crippen molar-refractivity contribution in [2.75, 3.05) is 0 Å².